The Kier molecular flexibility index (Phi) is 7.34. The number of sulfonamides is 1. The number of nitrogens with one attached hydrogen (secondary N) is 2. The molecule has 11 heteroatoms. The second-order valence-electron chi connectivity index (χ2n) is 11.8. The molecule has 3 heterocycles. The van der Waals surface area contributed by atoms with Crippen molar-refractivity contribution in [1.82, 2.24) is 14.9 Å². The molecule has 4 aliphatic rings. The molecule has 4 amide bonds. The summed E-state index contributed by atoms with van der Waals surface area (Å²) in [6, 6.07) is 2.49. The van der Waals surface area contributed by atoms with Crippen molar-refractivity contribution in [2.45, 2.75) is 84.2 Å². The number of imide groups is 1. The molecule has 1 spiro atoms. The monoisotopic (exact) mass is 557 g/mol. The number of hydrogen-bond donors (Lipinski definition) is 2. The van der Waals surface area contributed by atoms with Crippen LogP contribution >= 0.6 is 0 Å². The van der Waals surface area contributed by atoms with Gasteiger partial charge in [0.2, 0.25) is 10.0 Å². The average molecular weight is 558 g/mol. The lowest BCUT2D eigenvalue weighted by molar-refractivity contribution is -0.125. The Labute approximate surface area is 230 Å². The first-order chi connectivity index (χ1) is 18.4. The van der Waals surface area contributed by atoms with Gasteiger partial charge in [0, 0.05) is 19.0 Å². The van der Waals surface area contributed by atoms with Gasteiger partial charge in [0.1, 0.15) is 17.4 Å². The minimum absolute atomic E-state index is 0.0534. The van der Waals surface area contributed by atoms with Gasteiger partial charge >= 0.3 is 6.03 Å². The smallest absolute Gasteiger partial charge is 0.326 e. The minimum Gasteiger partial charge on any atom is -0.326 e. The van der Waals surface area contributed by atoms with Crippen molar-refractivity contribution in [3.63, 3.8) is 0 Å². The van der Waals surface area contributed by atoms with Crippen LogP contribution in [0.2, 0.25) is 0 Å². The number of rotatable bonds is 6. The third-order valence-corrected chi connectivity index (χ3v) is 10.9. The van der Waals surface area contributed by atoms with Crippen LogP contribution in [0.25, 0.3) is 0 Å². The number of piperidine rings is 1. The van der Waals surface area contributed by atoms with E-state index in [1.807, 2.05) is 13.8 Å². The molecule has 3 fully saturated rings. The molecular weight excluding hydrogens is 518 g/mol. The van der Waals surface area contributed by atoms with Gasteiger partial charge in [-0.1, -0.05) is 19.8 Å². The van der Waals surface area contributed by atoms with Gasteiger partial charge in [-0.05, 0) is 87.6 Å². The number of amides is 4. The minimum atomic E-state index is -3.54. The van der Waals surface area contributed by atoms with Gasteiger partial charge < -0.3 is 10.6 Å². The Morgan fingerprint density at radius 2 is 1.62 bits per heavy atom. The molecule has 1 saturated carbocycles. The number of urea groups is 1. The van der Waals surface area contributed by atoms with E-state index in [0.29, 0.717) is 36.8 Å². The second-order valence-corrected chi connectivity index (χ2v) is 13.9. The van der Waals surface area contributed by atoms with E-state index in [9.17, 15) is 22.8 Å². The Morgan fingerprint density at radius 3 is 2.18 bits per heavy atom. The summed E-state index contributed by atoms with van der Waals surface area (Å²) >= 11 is 0. The van der Waals surface area contributed by atoms with Crippen LogP contribution in [0.1, 0.15) is 69.1 Å². The lowest BCUT2D eigenvalue weighted by Gasteiger charge is -2.34. The molecule has 0 radical (unpaired) electrons. The number of aliphatic imine (C=N–C) groups is 1. The highest BCUT2D eigenvalue weighted by atomic mass is 32.2. The van der Waals surface area contributed by atoms with Crippen LogP contribution in [-0.4, -0.2) is 66.8 Å². The third kappa shape index (κ3) is 5.23. The van der Waals surface area contributed by atoms with Crippen molar-refractivity contribution in [1.29, 1.82) is 0 Å². The lowest BCUT2D eigenvalue weighted by Crippen LogP contribution is -2.51. The molecule has 1 unspecified atom stereocenters. The van der Waals surface area contributed by atoms with E-state index >= 15 is 0 Å². The molecule has 10 nitrogen and oxygen atoms in total. The topological polar surface area (TPSA) is 128 Å². The SMILES string of the molecule is Cc1cc(N2C(=O)NC(C)C2=O)cc(C)c1CCS(=O)(=O)N1CCC2(CC1)N=C(C1CCC(C)CC1)NC2=O. The maximum atomic E-state index is 13.3. The van der Waals surface area contributed by atoms with Gasteiger partial charge in [-0.15, -0.1) is 0 Å². The summed E-state index contributed by atoms with van der Waals surface area (Å²) in [5.41, 5.74) is 2.20. The van der Waals surface area contributed by atoms with Crippen molar-refractivity contribution in [3.8, 4) is 0 Å². The van der Waals surface area contributed by atoms with Gasteiger partial charge in [0.25, 0.3) is 11.8 Å². The van der Waals surface area contributed by atoms with Crippen molar-refractivity contribution < 1.29 is 22.8 Å². The normalized spacial score (nSPS) is 27.6. The number of amidine groups is 1. The summed E-state index contributed by atoms with van der Waals surface area (Å²) in [6.07, 6.45) is 5.47. The van der Waals surface area contributed by atoms with Crippen molar-refractivity contribution >= 4 is 39.4 Å². The molecule has 212 valence electrons. The molecule has 39 heavy (non-hydrogen) atoms. The van der Waals surface area contributed by atoms with Gasteiger partial charge in [-0.25, -0.2) is 22.4 Å². The van der Waals surface area contributed by atoms with Crippen molar-refractivity contribution in [2.24, 2.45) is 16.8 Å². The van der Waals surface area contributed by atoms with E-state index in [1.54, 1.807) is 19.1 Å². The van der Waals surface area contributed by atoms with Crippen LogP contribution < -0.4 is 15.5 Å². The van der Waals surface area contributed by atoms with Crippen LogP contribution in [0, 0.1) is 25.7 Å². The van der Waals surface area contributed by atoms with Gasteiger partial charge in [-0.3, -0.25) is 14.6 Å². The highest BCUT2D eigenvalue weighted by molar-refractivity contribution is 7.89. The predicted molar refractivity (Wildman–Crippen MR) is 149 cm³/mol. The standard InChI is InChI=1S/C28H39N5O5S/c1-17-5-7-21(8-6-17)24-30-26(35)28(31-24)10-12-32(13-11-28)39(37,38)14-9-23-18(2)15-22(16-19(23)3)33-25(34)20(4)29-27(33)36/h15-17,20-21H,5-14H2,1-4H3,(H,29,36)(H,30,31,35). The number of aryl methyl sites for hydroxylation is 2. The van der Waals surface area contributed by atoms with E-state index < -0.39 is 27.6 Å². The van der Waals surface area contributed by atoms with E-state index in [0.717, 1.165) is 53.1 Å². The molecule has 1 aromatic rings. The summed E-state index contributed by atoms with van der Waals surface area (Å²) < 4.78 is 28.1. The summed E-state index contributed by atoms with van der Waals surface area (Å²) in [7, 11) is -3.54. The van der Waals surface area contributed by atoms with E-state index in [4.69, 9.17) is 4.99 Å². The van der Waals surface area contributed by atoms with Crippen LogP contribution in [0.5, 0.6) is 0 Å². The molecule has 2 saturated heterocycles. The third-order valence-electron chi connectivity index (χ3n) is 9.03. The molecule has 3 aliphatic heterocycles. The summed E-state index contributed by atoms with van der Waals surface area (Å²) in [4.78, 5) is 43.6. The molecule has 1 atom stereocenters. The maximum absolute atomic E-state index is 13.3. The molecular formula is C28H39N5O5S. The zero-order chi connectivity index (χ0) is 28.1. The highest BCUT2D eigenvalue weighted by Crippen LogP contribution is 2.36. The van der Waals surface area contributed by atoms with Gasteiger partial charge in [0.15, 0.2) is 0 Å². The first-order valence-electron chi connectivity index (χ1n) is 14.0. The van der Waals surface area contributed by atoms with E-state index in [1.165, 1.54) is 4.31 Å². The molecule has 0 aromatic heterocycles. The van der Waals surface area contributed by atoms with Crippen LogP contribution in [0.3, 0.4) is 0 Å². The molecule has 5 rings (SSSR count). The number of carbonyl (C=O) groups is 3. The van der Waals surface area contributed by atoms with Crippen molar-refractivity contribution in [3.05, 3.63) is 28.8 Å². The zero-order valence-electron chi connectivity index (χ0n) is 23.2. The number of nitrogens with zero attached hydrogens (tertiary/aromatic N) is 3. The highest BCUT2D eigenvalue weighted by Gasteiger charge is 2.48. The van der Waals surface area contributed by atoms with E-state index in [2.05, 4.69) is 17.6 Å². The molecule has 1 aromatic carbocycles. The molecule has 0 bridgehead atoms. The Hall–Kier alpha value is -2.79. The van der Waals surface area contributed by atoms with Crippen LogP contribution in [0.4, 0.5) is 10.5 Å². The van der Waals surface area contributed by atoms with Crippen LogP contribution in [0.15, 0.2) is 17.1 Å². The fourth-order valence-corrected chi connectivity index (χ4v) is 7.91. The zero-order valence-corrected chi connectivity index (χ0v) is 24.1. The van der Waals surface area contributed by atoms with Crippen LogP contribution in [-0.2, 0) is 26.0 Å². The van der Waals surface area contributed by atoms with Gasteiger partial charge in [-0.2, -0.15) is 0 Å². The predicted octanol–water partition coefficient (Wildman–Crippen LogP) is 2.81. The fraction of sp³-hybridized carbons (Fsp3) is 0.643. The summed E-state index contributed by atoms with van der Waals surface area (Å²) in [5.74, 6) is 1.37. The van der Waals surface area contributed by atoms with Gasteiger partial charge in [0.05, 0.1) is 11.4 Å². The average Bonchev–Trinajstić information content (AvgIpc) is 3.33. The molecule has 2 N–H and O–H groups in total. The fourth-order valence-electron chi connectivity index (χ4n) is 6.45. The Bertz CT molecular complexity index is 1300. The largest absolute Gasteiger partial charge is 0.329 e. The summed E-state index contributed by atoms with van der Waals surface area (Å²) in [6.45, 7) is 8.18. The Balaban J connectivity index is 1.22. The van der Waals surface area contributed by atoms with Crippen molar-refractivity contribution in [2.75, 3.05) is 23.7 Å². The van der Waals surface area contributed by atoms with E-state index in [-0.39, 0.29) is 30.7 Å². The number of benzene rings is 1. The second kappa shape index (κ2) is 10.3. The quantitative estimate of drug-likeness (QED) is 0.520. The molecule has 1 aliphatic carbocycles. The number of anilines is 1. The lowest BCUT2D eigenvalue weighted by atomic mass is 9.82. The first kappa shape index (κ1) is 27.8. The maximum Gasteiger partial charge on any atom is 0.329 e. The number of carbonyl (C=O) groups excluding carboxylic acids is 3. The number of hydrogen-bond acceptors (Lipinski definition) is 6. The summed E-state index contributed by atoms with van der Waals surface area (Å²) in [5, 5.41) is 5.65. The Morgan fingerprint density at radius 1 is 1.00 bits per heavy atom. The first-order valence-corrected chi connectivity index (χ1v) is 15.6.